The van der Waals surface area contributed by atoms with Gasteiger partial charge in [-0.05, 0) is 36.4 Å². The molecule has 130 valence electrons. The van der Waals surface area contributed by atoms with E-state index in [1.165, 1.54) is 12.1 Å². The normalized spacial score (nSPS) is 11.2. The lowest BCUT2D eigenvalue weighted by molar-refractivity contribution is 0.0955. The van der Waals surface area contributed by atoms with Gasteiger partial charge in [0.25, 0.3) is 5.91 Å². The molecule has 0 aliphatic carbocycles. The van der Waals surface area contributed by atoms with Crippen molar-refractivity contribution in [1.29, 1.82) is 0 Å². The first-order valence-corrected chi connectivity index (χ1v) is 8.36. The summed E-state index contributed by atoms with van der Waals surface area (Å²) in [5.41, 5.74) is 2.88. The van der Waals surface area contributed by atoms with Crippen LogP contribution < -0.4 is 5.32 Å². The molecule has 0 atom stereocenters. The summed E-state index contributed by atoms with van der Waals surface area (Å²) in [5, 5.41) is 3.75. The summed E-state index contributed by atoms with van der Waals surface area (Å²) in [5.74, 6) is 0.365. The van der Waals surface area contributed by atoms with Crippen LogP contribution in [-0.4, -0.2) is 27.0 Å². The molecule has 26 heavy (non-hydrogen) atoms. The van der Waals surface area contributed by atoms with Gasteiger partial charge in [0, 0.05) is 37.2 Å². The van der Waals surface area contributed by atoms with Gasteiger partial charge in [0.15, 0.2) is 0 Å². The standard InChI is InChI=1S/C20H17FN4O/c1-25-18-12-13(21)7-8-17(18)24-19(25)9-11-23-20(26)15-4-2-6-16-14(15)5-3-10-22-16/h2-8,10,12H,9,11H2,1H3,(H,23,26). The molecule has 0 fully saturated rings. The van der Waals surface area contributed by atoms with Crippen molar-refractivity contribution in [2.75, 3.05) is 6.54 Å². The number of imidazole rings is 1. The van der Waals surface area contributed by atoms with E-state index in [2.05, 4.69) is 15.3 Å². The number of fused-ring (bicyclic) bond motifs is 2. The molecule has 5 nitrogen and oxygen atoms in total. The number of halogens is 1. The molecule has 0 unspecified atom stereocenters. The Labute approximate surface area is 149 Å². The predicted octanol–water partition coefficient (Wildman–Crippen LogP) is 3.23. The predicted molar refractivity (Wildman–Crippen MR) is 98.5 cm³/mol. The van der Waals surface area contributed by atoms with E-state index in [0.717, 1.165) is 27.8 Å². The Morgan fingerprint density at radius 3 is 2.92 bits per heavy atom. The number of benzene rings is 2. The smallest absolute Gasteiger partial charge is 0.251 e. The number of aromatic nitrogens is 3. The lowest BCUT2D eigenvalue weighted by atomic mass is 10.1. The van der Waals surface area contributed by atoms with E-state index in [9.17, 15) is 9.18 Å². The molecule has 0 aliphatic rings. The zero-order valence-corrected chi connectivity index (χ0v) is 14.2. The molecule has 1 amide bonds. The second-order valence-corrected chi connectivity index (χ2v) is 6.10. The maximum absolute atomic E-state index is 13.4. The van der Waals surface area contributed by atoms with Crippen molar-refractivity contribution in [3.05, 3.63) is 71.9 Å². The number of rotatable bonds is 4. The average Bonchev–Trinajstić information content (AvgIpc) is 2.97. The van der Waals surface area contributed by atoms with E-state index in [0.29, 0.717) is 18.5 Å². The molecule has 0 aliphatic heterocycles. The van der Waals surface area contributed by atoms with Crippen molar-refractivity contribution in [1.82, 2.24) is 19.9 Å². The number of amides is 1. The molecule has 4 rings (SSSR count). The van der Waals surface area contributed by atoms with Crippen LogP contribution in [0.5, 0.6) is 0 Å². The first-order valence-electron chi connectivity index (χ1n) is 8.36. The number of nitrogens with zero attached hydrogens (tertiary/aromatic N) is 3. The highest BCUT2D eigenvalue weighted by atomic mass is 19.1. The molecule has 1 N–H and O–H groups in total. The number of nitrogens with one attached hydrogen (secondary N) is 1. The minimum absolute atomic E-state index is 0.145. The minimum Gasteiger partial charge on any atom is -0.352 e. The first-order chi connectivity index (χ1) is 12.6. The summed E-state index contributed by atoms with van der Waals surface area (Å²) in [6, 6.07) is 13.7. The Bertz CT molecular complexity index is 1110. The molecular formula is C20H17FN4O. The molecular weight excluding hydrogens is 331 g/mol. The van der Waals surface area contributed by atoms with Gasteiger partial charge in [0.2, 0.25) is 0 Å². The average molecular weight is 348 g/mol. The van der Waals surface area contributed by atoms with Crippen LogP contribution in [0.15, 0.2) is 54.7 Å². The van der Waals surface area contributed by atoms with Gasteiger partial charge in [-0.1, -0.05) is 12.1 Å². The molecule has 0 saturated carbocycles. The van der Waals surface area contributed by atoms with Gasteiger partial charge in [-0.2, -0.15) is 0 Å². The molecule has 2 aromatic heterocycles. The zero-order valence-electron chi connectivity index (χ0n) is 14.2. The van der Waals surface area contributed by atoms with Crippen LogP contribution in [0.4, 0.5) is 4.39 Å². The second-order valence-electron chi connectivity index (χ2n) is 6.10. The number of pyridine rings is 1. The summed E-state index contributed by atoms with van der Waals surface area (Å²) >= 11 is 0. The van der Waals surface area contributed by atoms with Crippen LogP contribution in [-0.2, 0) is 13.5 Å². The van der Waals surface area contributed by atoms with Gasteiger partial charge < -0.3 is 9.88 Å². The number of hydrogen-bond acceptors (Lipinski definition) is 3. The topological polar surface area (TPSA) is 59.8 Å². The summed E-state index contributed by atoms with van der Waals surface area (Å²) in [6.07, 6.45) is 2.26. The van der Waals surface area contributed by atoms with Gasteiger partial charge in [0.1, 0.15) is 11.6 Å². The van der Waals surface area contributed by atoms with Gasteiger partial charge >= 0.3 is 0 Å². The van der Waals surface area contributed by atoms with E-state index < -0.39 is 0 Å². The summed E-state index contributed by atoms with van der Waals surface area (Å²) in [6.45, 7) is 0.440. The number of carbonyl (C=O) groups excluding carboxylic acids is 1. The van der Waals surface area contributed by atoms with E-state index in [-0.39, 0.29) is 11.7 Å². The molecule has 0 saturated heterocycles. The number of hydrogen-bond donors (Lipinski definition) is 1. The lowest BCUT2D eigenvalue weighted by Crippen LogP contribution is -2.26. The van der Waals surface area contributed by atoms with Crippen LogP contribution in [0.1, 0.15) is 16.2 Å². The van der Waals surface area contributed by atoms with Crippen LogP contribution >= 0.6 is 0 Å². The van der Waals surface area contributed by atoms with E-state index in [1.54, 1.807) is 18.3 Å². The van der Waals surface area contributed by atoms with Crippen LogP contribution in [0, 0.1) is 5.82 Å². The van der Waals surface area contributed by atoms with Crippen molar-refractivity contribution >= 4 is 27.8 Å². The molecule has 6 heteroatoms. The van der Waals surface area contributed by atoms with Crippen LogP contribution in [0.2, 0.25) is 0 Å². The minimum atomic E-state index is -0.287. The van der Waals surface area contributed by atoms with Crippen LogP contribution in [0.3, 0.4) is 0 Å². The van der Waals surface area contributed by atoms with Gasteiger partial charge in [-0.3, -0.25) is 9.78 Å². The molecule has 2 heterocycles. The summed E-state index contributed by atoms with van der Waals surface area (Å²) < 4.78 is 15.2. The largest absolute Gasteiger partial charge is 0.352 e. The van der Waals surface area contributed by atoms with Gasteiger partial charge in [-0.15, -0.1) is 0 Å². The van der Waals surface area contributed by atoms with Gasteiger partial charge in [0.05, 0.1) is 16.6 Å². The third-order valence-corrected chi connectivity index (χ3v) is 4.46. The third kappa shape index (κ3) is 2.90. The maximum Gasteiger partial charge on any atom is 0.251 e. The monoisotopic (exact) mass is 348 g/mol. The van der Waals surface area contributed by atoms with Crippen molar-refractivity contribution in [3.8, 4) is 0 Å². The molecule has 2 aromatic carbocycles. The SMILES string of the molecule is Cn1c(CCNC(=O)c2cccc3ncccc23)nc2ccc(F)cc21. The highest BCUT2D eigenvalue weighted by molar-refractivity contribution is 6.06. The fourth-order valence-corrected chi connectivity index (χ4v) is 3.12. The molecule has 4 aromatic rings. The quantitative estimate of drug-likeness (QED) is 0.616. The Morgan fingerprint density at radius 2 is 2.04 bits per heavy atom. The van der Waals surface area contributed by atoms with E-state index in [1.807, 2.05) is 35.9 Å². The summed E-state index contributed by atoms with van der Waals surface area (Å²) in [4.78, 5) is 21.3. The van der Waals surface area contributed by atoms with Crippen LogP contribution in [0.25, 0.3) is 21.9 Å². The molecule has 0 bridgehead atoms. The van der Waals surface area contributed by atoms with Gasteiger partial charge in [-0.25, -0.2) is 9.37 Å². The van der Waals surface area contributed by atoms with E-state index in [4.69, 9.17) is 0 Å². The zero-order chi connectivity index (χ0) is 18.1. The fourth-order valence-electron chi connectivity index (χ4n) is 3.12. The number of aryl methyl sites for hydroxylation is 1. The van der Waals surface area contributed by atoms with Crippen molar-refractivity contribution in [3.63, 3.8) is 0 Å². The lowest BCUT2D eigenvalue weighted by Gasteiger charge is -2.08. The Kier molecular flexibility index (Phi) is 4.08. The Hall–Kier alpha value is -3.28. The van der Waals surface area contributed by atoms with Crippen molar-refractivity contribution in [2.24, 2.45) is 7.05 Å². The Morgan fingerprint density at radius 1 is 1.15 bits per heavy atom. The third-order valence-electron chi connectivity index (χ3n) is 4.46. The highest BCUT2D eigenvalue weighted by Gasteiger charge is 2.12. The van der Waals surface area contributed by atoms with Crippen molar-refractivity contribution in [2.45, 2.75) is 6.42 Å². The Balaban J connectivity index is 1.49. The van der Waals surface area contributed by atoms with Crippen molar-refractivity contribution < 1.29 is 9.18 Å². The maximum atomic E-state index is 13.4. The van der Waals surface area contributed by atoms with E-state index >= 15 is 0 Å². The molecule has 0 radical (unpaired) electrons. The first kappa shape index (κ1) is 16.2. The highest BCUT2D eigenvalue weighted by Crippen LogP contribution is 2.17. The second kappa shape index (κ2) is 6.55. The number of carbonyl (C=O) groups is 1. The molecule has 0 spiro atoms. The summed E-state index contributed by atoms with van der Waals surface area (Å²) in [7, 11) is 1.85. The fraction of sp³-hybridized carbons (Fsp3) is 0.150.